The Morgan fingerprint density at radius 2 is 2.00 bits per heavy atom. The van der Waals surface area contributed by atoms with Gasteiger partial charge in [-0.25, -0.2) is 0 Å². The first-order valence-electron chi connectivity index (χ1n) is 6.27. The Labute approximate surface area is 130 Å². The predicted octanol–water partition coefficient (Wildman–Crippen LogP) is 4.89. The van der Waals surface area contributed by atoms with E-state index in [2.05, 4.69) is 25.2 Å². The van der Waals surface area contributed by atoms with Crippen molar-refractivity contribution in [1.82, 2.24) is 0 Å². The van der Waals surface area contributed by atoms with Crippen LogP contribution in [-0.4, -0.2) is 14.6 Å². The lowest BCUT2D eigenvalue weighted by molar-refractivity contribution is 0.211. The zero-order valence-corrected chi connectivity index (χ0v) is 15.3. The smallest absolute Gasteiger partial charge is 0.392 e. The quantitative estimate of drug-likeness (QED) is 0.566. The van der Waals surface area contributed by atoms with Gasteiger partial charge in [-0.2, -0.15) is 0 Å². The molecule has 0 unspecified atom stereocenters. The van der Waals surface area contributed by atoms with Crippen molar-refractivity contribution in [2.75, 3.05) is 0 Å². The SMILES string of the molecule is C[Si]1(C)OCc2cc(CCC[Si](Cl)(Cl)Cl)ccc2O1. The fourth-order valence-corrected chi connectivity index (χ4v) is 5.11. The normalized spacial score (nSPS) is 17.7. The first kappa shape index (κ1) is 15.7. The van der Waals surface area contributed by atoms with Crippen LogP contribution in [0.2, 0.25) is 19.1 Å². The molecule has 1 heterocycles. The van der Waals surface area contributed by atoms with Gasteiger partial charge in [0.15, 0.2) is 0 Å². The summed E-state index contributed by atoms with van der Waals surface area (Å²) in [5, 5.41) is 0. The summed E-state index contributed by atoms with van der Waals surface area (Å²) in [5.41, 5.74) is 2.37. The zero-order valence-electron chi connectivity index (χ0n) is 11.0. The first-order valence-corrected chi connectivity index (χ1v) is 14.3. The van der Waals surface area contributed by atoms with Crippen molar-refractivity contribution in [3.8, 4) is 5.75 Å². The average Bonchev–Trinajstić information content (AvgIpc) is 2.27. The minimum atomic E-state index is -2.49. The minimum absolute atomic E-state index is 0.640. The van der Waals surface area contributed by atoms with Gasteiger partial charge in [0, 0.05) is 5.56 Å². The number of aryl methyl sites for hydroxylation is 1. The molecule has 0 aliphatic carbocycles. The lowest BCUT2D eigenvalue weighted by Gasteiger charge is -2.30. The average molecular weight is 356 g/mol. The third kappa shape index (κ3) is 4.95. The number of halogens is 3. The van der Waals surface area contributed by atoms with Gasteiger partial charge in [-0.1, -0.05) is 6.07 Å². The molecule has 0 fully saturated rings. The molecule has 0 atom stereocenters. The van der Waals surface area contributed by atoms with E-state index in [0.717, 1.165) is 24.2 Å². The van der Waals surface area contributed by atoms with Gasteiger partial charge in [0.2, 0.25) is 0 Å². The van der Waals surface area contributed by atoms with E-state index in [1.165, 1.54) is 5.56 Å². The van der Waals surface area contributed by atoms with Crippen molar-refractivity contribution in [1.29, 1.82) is 0 Å². The summed E-state index contributed by atoms with van der Waals surface area (Å²) in [6, 6.07) is 4.48. The van der Waals surface area contributed by atoms with Gasteiger partial charge in [-0.05, 0) is 49.7 Å². The second kappa shape index (κ2) is 5.96. The van der Waals surface area contributed by atoms with E-state index in [0.29, 0.717) is 12.7 Å². The molecule has 2 rings (SSSR count). The molecule has 0 spiro atoms. The monoisotopic (exact) mass is 354 g/mol. The largest absolute Gasteiger partial charge is 0.520 e. The lowest BCUT2D eigenvalue weighted by Crippen LogP contribution is -2.41. The van der Waals surface area contributed by atoms with Crippen LogP contribution in [0.1, 0.15) is 17.5 Å². The third-order valence-corrected chi connectivity index (χ3v) is 7.15. The standard InChI is InChI=1S/C12H17Cl3O2Si2/c1-18(2)16-9-11-8-10(5-6-12(11)17-18)4-3-7-19(13,14)15/h5-6,8H,3-4,7,9H2,1-2H3. The van der Waals surface area contributed by atoms with E-state index in [1.54, 1.807) is 0 Å². The van der Waals surface area contributed by atoms with Crippen LogP contribution in [0, 0.1) is 0 Å². The second-order valence-electron chi connectivity index (χ2n) is 5.20. The maximum atomic E-state index is 5.89. The van der Waals surface area contributed by atoms with Gasteiger partial charge >= 0.3 is 14.6 Å². The first-order chi connectivity index (χ1) is 8.75. The molecule has 0 saturated heterocycles. The highest BCUT2D eigenvalue weighted by molar-refractivity contribution is 7.64. The number of fused-ring (bicyclic) bond motifs is 1. The fraction of sp³-hybridized carbons (Fsp3) is 0.500. The van der Waals surface area contributed by atoms with Crippen LogP contribution in [0.25, 0.3) is 0 Å². The second-order valence-corrected chi connectivity index (χ2v) is 17.8. The van der Waals surface area contributed by atoms with Gasteiger partial charge in [0.05, 0.1) is 6.61 Å². The summed E-state index contributed by atoms with van der Waals surface area (Å²) in [7, 11) is -1.96. The Balaban J connectivity index is 1.98. The summed E-state index contributed by atoms with van der Waals surface area (Å²) < 4.78 is 11.7. The number of rotatable bonds is 4. The molecule has 0 amide bonds. The van der Waals surface area contributed by atoms with Crippen LogP contribution in [0.15, 0.2) is 18.2 Å². The van der Waals surface area contributed by atoms with Crippen LogP contribution in [0.4, 0.5) is 0 Å². The van der Waals surface area contributed by atoms with Crippen LogP contribution < -0.4 is 4.43 Å². The maximum absolute atomic E-state index is 5.89. The lowest BCUT2D eigenvalue weighted by atomic mass is 10.1. The van der Waals surface area contributed by atoms with Crippen molar-refractivity contribution in [3.05, 3.63) is 29.3 Å². The molecule has 0 aromatic heterocycles. The number of hydrogen-bond acceptors (Lipinski definition) is 2. The summed E-state index contributed by atoms with van der Waals surface area (Å²) in [4.78, 5) is 0. The molecule has 0 saturated carbocycles. The minimum Gasteiger partial charge on any atom is -0.520 e. The summed E-state index contributed by atoms with van der Waals surface area (Å²) in [5.74, 6) is 0.961. The van der Waals surface area contributed by atoms with Crippen molar-refractivity contribution in [3.63, 3.8) is 0 Å². The highest BCUT2D eigenvalue weighted by Crippen LogP contribution is 2.31. The summed E-state index contributed by atoms with van der Waals surface area (Å²) >= 11 is 17.6. The van der Waals surface area contributed by atoms with Crippen molar-refractivity contribution in [2.24, 2.45) is 0 Å². The Bertz CT molecular complexity index is 461. The van der Waals surface area contributed by atoms with Gasteiger partial charge in [-0.15, -0.1) is 33.2 Å². The summed E-state index contributed by atoms with van der Waals surface area (Å²) in [6.07, 6.45) is 1.83. The molecule has 0 N–H and O–H groups in total. The van der Waals surface area contributed by atoms with E-state index in [-0.39, 0.29) is 0 Å². The molecule has 19 heavy (non-hydrogen) atoms. The Kier molecular flexibility index (Phi) is 4.91. The molecule has 1 aliphatic rings. The third-order valence-electron chi connectivity index (χ3n) is 2.98. The highest BCUT2D eigenvalue weighted by atomic mass is 35.8. The van der Waals surface area contributed by atoms with Gasteiger partial charge in [0.25, 0.3) is 0 Å². The molecule has 1 aliphatic heterocycles. The number of hydrogen-bond donors (Lipinski definition) is 0. The molecule has 7 heteroatoms. The van der Waals surface area contributed by atoms with E-state index in [4.69, 9.17) is 42.1 Å². The molecular formula is C12H17Cl3O2Si2. The molecular weight excluding hydrogens is 339 g/mol. The Morgan fingerprint density at radius 1 is 1.26 bits per heavy atom. The van der Waals surface area contributed by atoms with E-state index in [9.17, 15) is 0 Å². The van der Waals surface area contributed by atoms with E-state index < -0.39 is 14.6 Å². The van der Waals surface area contributed by atoms with Crippen LogP contribution in [0.3, 0.4) is 0 Å². The van der Waals surface area contributed by atoms with Gasteiger partial charge in [-0.3, -0.25) is 0 Å². The van der Waals surface area contributed by atoms with Crippen LogP contribution in [-0.2, 0) is 17.5 Å². The molecule has 1 aromatic carbocycles. The maximum Gasteiger partial charge on any atom is 0.392 e. The van der Waals surface area contributed by atoms with Crippen LogP contribution >= 0.6 is 33.2 Å². The van der Waals surface area contributed by atoms with Crippen molar-refractivity contribution >= 4 is 47.8 Å². The van der Waals surface area contributed by atoms with Gasteiger partial charge in [0.1, 0.15) is 5.75 Å². The molecule has 0 bridgehead atoms. The predicted molar refractivity (Wildman–Crippen MR) is 85.8 cm³/mol. The fourth-order valence-electron chi connectivity index (χ4n) is 2.04. The zero-order chi connectivity index (χ0) is 14.1. The van der Waals surface area contributed by atoms with E-state index >= 15 is 0 Å². The number of benzene rings is 1. The Morgan fingerprint density at radius 3 is 2.68 bits per heavy atom. The highest BCUT2D eigenvalue weighted by Gasteiger charge is 2.32. The molecule has 106 valence electrons. The molecule has 2 nitrogen and oxygen atoms in total. The van der Waals surface area contributed by atoms with Crippen molar-refractivity contribution < 1.29 is 8.85 Å². The molecule has 1 aromatic rings. The van der Waals surface area contributed by atoms with E-state index in [1.807, 2.05) is 6.07 Å². The molecule has 0 radical (unpaired) electrons. The van der Waals surface area contributed by atoms with Crippen LogP contribution in [0.5, 0.6) is 5.75 Å². The van der Waals surface area contributed by atoms with Gasteiger partial charge < -0.3 is 8.85 Å². The Hall–Kier alpha value is 0.284. The van der Waals surface area contributed by atoms with Crippen molar-refractivity contribution in [2.45, 2.75) is 38.6 Å². The topological polar surface area (TPSA) is 18.5 Å². The summed E-state index contributed by atoms with van der Waals surface area (Å²) in [6.45, 7) is 4.74.